The summed E-state index contributed by atoms with van der Waals surface area (Å²) in [6.45, 7) is -1.45. The summed E-state index contributed by atoms with van der Waals surface area (Å²) in [6, 6.07) is 37.4. The fourth-order valence-electron chi connectivity index (χ4n) is 9.30. The first kappa shape index (κ1) is 55.6. The van der Waals surface area contributed by atoms with Crippen LogP contribution in [-0.2, 0) is 40.8 Å². The van der Waals surface area contributed by atoms with Crippen LogP contribution in [-0.4, -0.2) is 72.7 Å². The number of carbonyl (C=O) groups excluding carboxylic acids is 3. The number of nitrogens with zero attached hydrogens (tertiary/aromatic N) is 6. The van der Waals surface area contributed by atoms with Crippen LogP contribution in [0.4, 0.5) is 56.6 Å². The molecule has 9 aromatic rings. The summed E-state index contributed by atoms with van der Waals surface area (Å²) in [6.07, 6.45) is -6.91. The second kappa shape index (κ2) is 21.9. The minimum absolute atomic E-state index is 0.0368. The van der Waals surface area contributed by atoms with Crippen LogP contribution in [0.2, 0.25) is 0 Å². The summed E-state index contributed by atoms with van der Waals surface area (Å²) in [4.78, 5) is 42.9. The monoisotopic (exact) mass is 1210 g/mol. The molecule has 6 aromatic carbocycles. The van der Waals surface area contributed by atoms with E-state index in [-0.39, 0.29) is 35.0 Å². The zero-order chi connectivity index (χ0) is 56.7. The Morgan fingerprint density at radius 2 is 0.759 bits per heavy atom. The fraction of sp³-hybridized carbons (Fsp3) is 0.211. The number of benzene rings is 6. The van der Waals surface area contributed by atoms with Crippen LogP contribution >= 0.6 is 22.6 Å². The predicted octanol–water partition coefficient (Wildman–Crippen LogP) is 13.6. The average molecular weight is 1210 g/mol. The molecule has 410 valence electrons. The Balaban J connectivity index is 0.000000137. The number of ether oxygens (including phenoxy) is 2. The van der Waals surface area contributed by atoms with Crippen molar-refractivity contribution in [3.8, 4) is 17.2 Å². The van der Waals surface area contributed by atoms with Gasteiger partial charge in [0.05, 0.1) is 24.1 Å². The molecule has 3 aliphatic rings. The van der Waals surface area contributed by atoms with Crippen LogP contribution in [0.5, 0.6) is 17.2 Å². The van der Waals surface area contributed by atoms with Crippen LogP contribution in [0.15, 0.2) is 146 Å². The number of alkyl halides is 10. The van der Waals surface area contributed by atoms with E-state index in [0.717, 1.165) is 66.5 Å². The lowest BCUT2D eigenvalue weighted by atomic mass is 10.1. The number of carbonyl (C=O) groups is 3. The van der Waals surface area contributed by atoms with Gasteiger partial charge in [-0.05, 0) is 126 Å². The Hall–Kier alpha value is -8.15. The third-order valence-electron chi connectivity index (χ3n) is 13.2. The molecule has 0 saturated heterocycles. The Bertz CT molecular complexity index is 3630. The largest absolute Gasteiger partial charge is 0.508 e. The average Bonchev–Trinajstić information content (AvgIpc) is 4.35. The second-order valence-electron chi connectivity index (χ2n) is 18.7. The third kappa shape index (κ3) is 12.6. The number of aromatic nitrogens is 3. The van der Waals surface area contributed by atoms with Gasteiger partial charge in [-0.1, -0.05) is 40.8 Å². The number of hydrogen-bond acceptors (Lipinski definition) is 6. The van der Waals surface area contributed by atoms with Crippen molar-refractivity contribution < 1.29 is 68.5 Å². The van der Waals surface area contributed by atoms with Gasteiger partial charge in [0.25, 0.3) is 17.7 Å². The highest BCUT2D eigenvalue weighted by atomic mass is 127. The van der Waals surface area contributed by atoms with Crippen LogP contribution in [0.3, 0.4) is 0 Å². The van der Waals surface area contributed by atoms with Crippen LogP contribution in [0, 0.1) is 0 Å². The van der Waals surface area contributed by atoms with Gasteiger partial charge in [0.15, 0.2) is 13.2 Å². The van der Waals surface area contributed by atoms with E-state index in [1.54, 1.807) is 39.0 Å². The normalized spacial score (nSPS) is 13.9. The molecule has 12 nitrogen and oxygen atoms in total. The Labute approximate surface area is 458 Å². The van der Waals surface area contributed by atoms with E-state index in [1.165, 1.54) is 46.9 Å². The van der Waals surface area contributed by atoms with Gasteiger partial charge in [-0.3, -0.25) is 14.4 Å². The van der Waals surface area contributed by atoms with Crippen molar-refractivity contribution in [1.29, 1.82) is 0 Å². The lowest BCUT2D eigenvalue weighted by Crippen LogP contribution is -2.23. The molecule has 3 aliphatic heterocycles. The Morgan fingerprint density at radius 3 is 1.08 bits per heavy atom. The van der Waals surface area contributed by atoms with Crippen molar-refractivity contribution in [2.75, 3.05) is 32.3 Å². The molecule has 0 unspecified atom stereocenters. The number of halogens is 10. The summed E-state index contributed by atoms with van der Waals surface area (Å²) in [7, 11) is 5.89. The Morgan fingerprint density at radius 1 is 0.443 bits per heavy atom. The van der Waals surface area contributed by atoms with Crippen molar-refractivity contribution in [1.82, 2.24) is 13.7 Å². The van der Waals surface area contributed by atoms with E-state index >= 15 is 0 Å². The molecule has 0 saturated carbocycles. The van der Waals surface area contributed by atoms with E-state index in [1.807, 2.05) is 128 Å². The minimum Gasteiger partial charge on any atom is -0.508 e. The molecule has 79 heavy (non-hydrogen) atoms. The first-order valence-corrected chi connectivity index (χ1v) is 25.6. The molecular formula is C57H46F9IN6O6. The van der Waals surface area contributed by atoms with E-state index in [0.29, 0.717) is 36.3 Å². The number of aromatic hydroxyl groups is 1. The molecule has 6 heterocycles. The molecule has 0 atom stereocenters. The highest BCUT2D eigenvalue weighted by Gasteiger charge is 2.34. The quantitative estimate of drug-likeness (QED) is 0.0966. The summed E-state index contributed by atoms with van der Waals surface area (Å²) < 4.78 is 121. The first-order valence-electron chi connectivity index (χ1n) is 24.0. The van der Waals surface area contributed by atoms with Crippen molar-refractivity contribution in [2.24, 2.45) is 21.1 Å². The first-order chi connectivity index (χ1) is 37.3. The molecule has 0 radical (unpaired) electrons. The number of hydrogen-bond donors (Lipinski definition) is 1. The maximum atomic E-state index is 12.7. The van der Waals surface area contributed by atoms with E-state index in [9.17, 15) is 59.0 Å². The second-order valence-corrected chi connectivity index (χ2v) is 19.5. The smallest absolute Gasteiger partial charge is 0.422 e. The predicted molar refractivity (Wildman–Crippen MR) is 289 cm³/mol. The summed E-state index contributed by atoms with van der Waals surface area (Å²) in [5.41, 5.74) is 9.46. The molecule has 3 amide bonds. The van der Waals surface area contributed by atoms with Crippen LogP contribution in [0.25, 0.3) is 32.7 Å². The van der Waals surface area contributed by atoms with Crippen molar-refractivity contribution in [3.63, 3.8) is 0 Å². The molecule has 0 aliphatic carbocycles. The molecule has 12 rings (SSSR count). The number of fused-ring (bicyclic) bond motifs is 6. The van der Waals surface area contributed by atoms with Gasteiger partial charge < -0.3 is 43.0 Å². The van der Waals surface area contributed by atoms with Gasteiger partial charge in [-0.15, -0.1) is 0 Å². The summed E-state index contributed by atoms with van der Waals surface area (Å²) >= 11 is 1.27. The molecule has 1 N–H and O–H groups in total. The number of aryl methyl sites for hydroxylation is 3. The topological polar surface area (TPSA) is 114 Å². The van der Waals surface area contributed by atoms with Gasteiger partial charge in [0.2, 0.25) is 0 Å². The number of phenolic OH excluding ortho intramolecular Hbond substituents is 1. The molecular weight excluding hydrogens is 1160 g/mol. The molecule has 0 bridgehead atoms. The summed E-state index contributed by atoms with van der Waals surface area (Å²) in [5.74, 6) is -0.344. The van der Waals surface area contributed by atoms with Gasteiger partial charge >= 0.3 is 18.5 Å². The van der Waals surface area contributed by atoms with Crippen molar-refractivity contribution in [2.45, 2.75) is 38.2 Å². The zero-order valence-electron chi connectivity index (χ0n) is 42.1. The van der Waals surface area contributed by atoms with Gasteiger partial charge in [0, 0.05) is 106 Å². The van der Waals surface area contributed by atoms with Crippen LogP contribution < -0.4 is 24.2 Å². The van der Waals surface area contributed by atoms with E-state index < -0.39 is 36.2 Å². The van der Waals surface area contributed by atoms with Crippen LogP contribution in [0.1, 0.15) is 47.8 Å². The van der Waals surface area contributed by atoms with Gasteiger partial charge in [0.1, 0.15) is 17.2 Å². The third-order valence-corrected chi connectivity index (χ3v) is 14.0. The molecule has 22 heteroatoms. The number of rotatable bonds is 7. The van der Waals surface area contributed by atoms with Gasteiger partial charge in [-0.2, -0.15) is 39.5 Å². The van der Waals surface area contributed by atoms with Gasteiger partial charge in [-0.25, -0.2) is 0 Å². The van der Waals surface area contributed by atoms with E-state index in [4.69, 9.17) is 9.47 Å². The van der Waals surface area contributed by atoms with Crippen molar-refractivity contribution in [3.05, 3.63) is 179 Å². The fourth-order valence-corrected chi connectivity index (χ4v) is 9.30. The highest BCUT2D eigenvalue weighted by Crippen LogP contribution is 2.36. The highest BCUT2D eigenvalue weighted by molar-refractivity contribution is 14.1. The lowest BCUT2D eigenvalue weighted by molar-refractivity contribution is -0.154. The number of phenols is 1. The van der Waals surface area contributed by atoms with E-state index in [2.05, 4.69) is 4.57 Å². The number of amides is 3. The maximum Gasteiger partial charge on any atom is 0.422 e. The SMILES string of the molecule is Cn1ccc2cc(N3Cc4ccc(O)cc4C3=O)ccc21.Cn1ccc2cc(N3Cc4ccc(OCC(F)(F)F)cc4C3=O)ccc21.Cn1ccc2cc(N3Cc4ccc(OCC(F)(F)F)cc4C3=O)ccc21.FC(F)(F)CI. The number of anilines is 3. The standard InChI is InChI=1S/2C19H15F3N2O2.C17H14N2O2.C2H2F3I/c2*1-23-7-6-12-8-14(3-5-17(12)23)24-10-13-2-4-15(9-16(13)18(24)25)26-11-19(20,21)22;1-18-7-6-11-8-13(3-5-16(11)18)19-10-12-2-4-14(20)9-15(12)17(19)21;3-2(4,5)1-6/h2*2-9H,10-11H2,1H3;2-9,20H,10H2,1H3;1H2. The maximum absolute atomic E-state index is 12.7. The Kier molecular flexibility index (Phi) is 15.4. The lowest BCUT2D eigenvalue weighted by Gasteiger charge is -2.16. The zero-order valence-corrected chi connectivity index (χ0v) is 44.2. The minimum atomic E-state index is -4.42. The molecule has 0 spiro atoms. The molecule has 3 aromatic heterocycles. The summed E-state index contributed by atoms with van der Waals surface area (Å²) in [5, 5.41) is 12.7. The van der Waals surface area contributed by atoms with Crippen molar-refractivity contribution >= 4 is 90.1 Å². The molecule has 0 fully saturated rings.